The van der Waals surface area contributed by atoms with Gasteiger partial charge in [0.15, 0.2) is 11.6 Å². The molecule has 1 aromatic rings. The summed E-state index contributed by atoms with van der Waals surface area (Å²) in [6.07, 6.45) is 6.01. The summed E-state index contributed by atoms with van der Waals surface area (Å²) in [5, 5.41) is 3.63. The van der Waals surface area contributed by atoms with Gasteiger partial charge in [0.2, 0.25) is 0 Å². The first kappa shape index (κ1) is 14.0. The second kappa shape index (κ2) is 5.80. The molecule has 0 radical (unpaired) electrons. The largest absolute Gasteiger partial charge is 0.313 e. The molecule has 1 aromatic carbocycles. The maximum absolute atomic E-state index is 13.3. The van der Waals surface area contributed by atoms with Crippen molar-refractivity contribution in [3.05, 3.63) is 35.4 Å². The first-order valence-corrected chi connectivity index (χ1v) is 7.88. The average Bonchev–Trinajstić information content (AvgIpc) is 2.91. The first-order valence-electron chi connectivity index (χ1n) is 7.88. The summed E-state index contributed by atoms with van der Waals surface area (Å²) in [5.41, 5.74) is 0.905. The van der Waals surface area contributed by atoms with Crippen LogP contribution in [0.15, 0.2) is 18.2 Å². The lowest BCUT2D eigenvalue weighted by Gasteiger charge is -2.20. The van der Waals surface area contributed by atoms with Gasteiger partial charge < -0.3 is 5.32 Å². The van der Waals surface area contributed by atoms with Crippen LogP contribution in [0.1, 0.15) is 38.2 Å². The maximum atomic E-state index is 13.3. The molecule has 2 aliphatic carbocycles. The Kier molecular flexibility index (Phi) is 4.06. The number of rotatable bonds is 6. The van der Waals surface area contributed by atoms with Crippen LogP contribution >= 0.6 is 0 Å². The number of fused-ring (bicyclic) bond motifs is 1. The average molecular weight is 279 g/mol. The topological polar surface area (TPSA) is 12.0 Å². The lowest BCUT2D eigenvalue weighted by molar-refractivity contribution is 0.402. The summed E-state index contributed by atoms with van der Waals surface area (Å²) in [5.74, 6) is 1.04. The zero-order valence-electron chi connectivity index (χ0n) is 12.0. The van der Waals surface area contributed by atoms with Gasteiger partial charge in [-0.15, -0.1) is 0 Å². The van der Waals surface area contributed by atoms with Crippen LogP contribution in [0.2, 0.25) is 0 Å². The first-order chi connectivity index (χ1) is 9.70. The molecule has 3 unspecified atom stereocenters. The molecule has 0 aliphatic heterocycles. The van der Waals surface area contributed by atoms with Crippen LogP contribution in [0.4, 0.5) is 8.78 Å². The van der Waals surface area contributed by atoms with Crippen molar-refractivity contribution in [1.82, 2.24) is 5.32 Å². The summed E-state index contributed by atoms with van der Waals surface area (Å²) >= 11 is 0. The highest BCUT2D eigenvalue weighted by molar-refractivity contribution is 5.20. The van der Waals surface area contributed by atoms with E-state index in [1.165, 1.54) is 31.4 Å². The maximum Gasteiger partial charge on any atom is 0.159 e. The van der Waals surface area contributed by atoms with Gasteiger partial charge in [0.25, 0.3) is 0 Å². The van der Waals surface area contributed by atoms with E-state index in [0.29, 0.717) is 6.04 Å². The van der Waals surface area contributed by atoms with Gasteiger partial charge in [-0.3, -0.25) is 0 Å². The second-order valence-corrected chi connectivity index (χ2v) is 6.35. The Hall–Kier alpha value is -0.960. The molecule has 2 fully saturated rings. The molecule has 3 atom stereocenters. The molecular weight excluding hydrogens is 256 g/mol. The summed E-state index contributed by atoms with van der Waals surface area (Å²) in [4.78, 5) is 0. The SMILES string of the molecule is CCCNC(Cc1ccc(F)c(F)c1)C1C2CCCC21. The predicted molar refractivity (Wildman–Crippen MR) is 76.5 cm³/mol. The third kappa shape index (κ3) is 2.73. The molecule has 2 saturated carbocycles. The van der Waals surface area contributed by atoms with Crippen molar-refractivity contribution in [2.24, 2.45) is 17.8 Å². The van der Waals surface area contributed by atoms with Crippen molar-refractivity contribution >= 4 is 0 Å². The molecule has 0 heterocycles. The Morgan fingerprint density at radius 2 is 1.95 bits per heavy atom. The van der Waals surface area contributed by atoms with E-state index in [-0.39, 0.29) is 0 Å². The van der Waals surface area contributed by atoms with Gasteiger partial charge in [-0.05, 0) is 67.7 Å². The highest BCUT2D eigenvalue weighted by Gasteiger charge is 2.55. The fourth-order valence-corrected chi connectivity index (χ4v) is 4.07. The van der Waals surface area contributed by atoms with Crippen molar-refractivity contribution in [3.63, 3.8) is 0 Å². The van der Waals surface area contributed by atoms with Gasteiger partial charge in [0, 0.05) is 6.04 Å². The van der Waals surface area contributed by atoms with Crippen molar-refractivity contribution < 1.29 is 8.78 Å². The molecule has 0 spiro atoms. The lowest BCUT2D eigenvalue weighted by atomic mass is 9.97. The van der Waals surface area contributed by atoms with Crippen LogP contribution in [0.5, 0.6) is 0 Å². The van der Waals surface area contributed by atoms with E-state index in [2.05, 4.69) is 12.2 Å². The molecule has 3 rings (SSSR count). The molecule has 1 N–H and O–H groups in total. The highest BCUT2D eigenvalue weighted by Crippen LogP contribution is 2.59. The number of nitrogens with one attached hydrogen (secondary N) is 1. The van der Waals surface area contributed by atoms with E-state index < -0.39 is 11.6 Å². The smallest absolute Gasteiger partial charge is 0.159 e. The fraction of sp³-hybridized carbons (Fsp3) is 0.647. The molecule has 20 heavy (non-hydrogen) atoms. The van der Waals surface area contributed by atoms with E-state index in [4.69, 9.17) is 0 Å². The Morgan fingerprint density at radius 1 is 1.20 bits per heavy atom. The summed E-state index contributed by atoms with van der Waals surface area (Å²) < 4.78 is 26.3. The third-order valence-corrected chi connectivity index (χ3v) is 5.03. The highest BCUT2D eigenvalue weighted by atomic mass is 19.2. The number of hydrogen-bond donors (Lipinski definition) is 1. The van der Waals surface area contributed by atoms with Gasteiger partial charge in [0.1, 0.15) is 0 Å². The van der Waals surface area contributed by atoms with Crippen molar-refractivity contribution in [3.8, 4) is 0 Å². The van der Waals surface area contributed by atoms with Gasteiger partial charge in [0.05, 0.1) is 0 Å². The fourth-order valence-electron chi connectivity index (χ4n) is 4.07. The van der Waals surface area contributed by atoms with Crippen LogP contribution in [-0.2, 0) is 6.42 Å². The zero-order chi connectivity index (χ0) is 14.1. The monoisotopic (exact) mass is 279 g/mol. The van der Waals surface area contributed by atoms with Crippen molar-refractivity contribution in [2.45, 2.75) is 45.1 Å². The van der Waals surface area contributed by atoms with Crippen molar-refractivity contribution in [1.29, 1.82) is 0 Å². The predicted octanol–water partition coefficient (Wildman–Crippen LogP) is 3.92. The Balaban J connectivity index is 1.67. The zero-order valence-corrected chi connectivity index (χ0v) is 12.0. The molecule has 3 heteroatoms. The van der Waals surface area contributed by atoms with Gasteiger partial charge in [-0.2, -0.15) is 0 Å². The molecule has 0 aromatic heterocycles. The summed E-state index contributed by atoms with van der Waals surface area (Å²) in [6, 6.07) is 4.75. The normalized spacial score (nSPS) is 29.2. The van der Waals surface area contributed by atoms with E-state index >= 15 is 0 Å². The molecule has 110 valence electrons. The lowest BCUT2D eigenvalue weighted by Crippen LogP contribution is -2.35. The standard InChI is InChI=1S/C17H23F2N/c1-2-8-20-16(17-12-4-3-5-13(12)17)10-11-6-7-14(18)15(19)9-11/h6-7,9,12-13,16-17,20H,2-5,8,10H2,1H3. The van der Waals surface area contributed by atoms with Crippen LogP contribution in [0, 0.1) is 29.4 Å². The van der Waals surface area contributed by atoms with Crippen LogP contribution in [0.3, 0.4) is 0 Å². The number of hydrogen-bond acceptors (Lipinski definition) is 1. The molecule has 1 nitrogen and oxygen atoms in total. The van der Waals surface area contributed by atoms with E-state index in [1.54, 1.807) is 6.07 Å². The Labute approximate surface area is 119 Å². The van der Waals surface area contributed by atoms with E-state index in [0.717, 1.165) is 42.7 Å². The minimum Gasteiger partial charge on any atom is -0.313 e. The number of halogens is 2. The van der Waals surface area contributed by atoms with Crippen molar-refractivity contribution in [2.75, 3.05) is 6.54 Å². The molecule has 0 amide bonds. The molecule has 2 aliphatic rings. The van der Waals surface area contributed by atoms with E-state index in [1.807, 2.05) is 0 Å². The molecule has 0 bridgehead atoms. The van der Waals surface area contributed by atoms with Gasteiger partial charge in [-0.25, -0.2) is 8.78 Å². The second-order valence-electron chi connectivity index (χ2n) is 6.35. The van der Waals surface area contributed by atoms with Gasteiger partial charge >= 0.3 is 0 Å². The van der Waals surface area contributed by atoms with Crippen LogP contribution in [0.25, 0.3) is 0 Å². The van der Waals surface area contributed by atoms with Crippen LogP contribution in [-0.4, -0.2) is 12.6 Å². The number of benzene rings is 1. The minimum atomic E-state index is -0.755. The molecular formula is C17H23F2N. The Bertz CT molecular complexity index is 464. The Morgan fingerprint density at radius 3 is 2.60 bits per heavy atom. The minimum absolute atomic E-state index is 0.426. The third-order valence-electron chi connectivity index (χ3n) is 5.03. The quantitative estimate of drug-likeness (QED) is 0.832. The summed E-state index contributed by atoms with van der Waals surface area (Å²) in [7, 11) is 0. The van der Waals surface area contributed by atoms with Crippen LogP contribution < -0.4 is 5.32 Å². The van der Waals surface area contributed by atoms with Gasteiger partial charge in [-0.1, -0.05) is 19.4 Å². The molecule has 0 saturated heterocycles. The summed E-state index contributed by atoms with van der Waals surface area (Å²) in [6.45, 7) is 3.17. The van der Waals surface area contributed by atoms with E-state index in [9.17, 15) is 8.78 Å².